The smallest absolute Gasteiger partial charge is 0.115 e. The molecule has 2 rings (SSSR count). The van der Waals surface area contributed by atoms with Crippen LogP contribution in [0.3, 0.4) is 0 Å². The molecule has 0 amide bonds. The molecule has 3 nitrogen and oxygen atoms in total. The molecule has 1 aliphatic rings. The summed E-state index contributed by atoms with van der Waals surface area (Å²) in [6, 6.07) is 8.09. The first-order valence-electron chi connectivity index (χ1n) is 6.74. The molecule has 0 radical (unpaired) electrons. The van der Waals surface area contributed by atoms with Gasteiger partial charge in [0.25, 0.3) is 0 Å². The Morgan fingerprint density at radius 3 is 2.44 bits per heavy atom. The van der Waals surface area contributed by atoms with Gasteiger partial charge in [-0.05, 0) is 43.9 Å². The van der Waals surface area contributed by atoms with E-state index < -0.39 is 0 Å². The minimum Gasteiger partial charge on any atom is -0.508 e. The second kappa shape index (κ2) is 6.21. The van der Waals surface area contributed by atoms with Crippen molar-refractivity contribution in [3.8, 4) is 5.75 Å². The third-order valence-corrected chi connectivity index (χ3v) is 3.90. The molecule has 0 aromatic heterocycles. The molecule has 0 spiro atoms. The molecule has 1 atom stereocenters. The lowest BCUT2D eigenvalue weighted by molar-refractivity contribution is 0.0298. The molecular formula is C15H23NO2. The summed E-state index contributed by atoms with van der Waals surface area (Å²) in [6.45, 7) is 4.52. The van der Waals surface area contributed by atoms with Crippen molar-refractivity contribution in [2.24, 2.45) is 0 Å². The minimum absolute atomic E-state index is 0.340. The SMILES string of the molecule is COC1CCN(C(C)Cc2ccc(O)cc2)CC1. The second-order valence-corrected chi connectivity index (χ2v) is 5.19. The van der Waals surface area contributed by atoms with Crippen LogP contribution in [0.4, 0.5) is 0 Å². The topological polar surface area (TPSA) is 32.7 Å². The summed E-state index contributed by atoms with van der Waals surface area (Å²) < 4.78 is 5.40. The molecule has 100 valence electrons. The molecule has 1 unspecified atom stereocenters. The molecule has 0 saturated carbocycles. The zero-order valence-electron chi connectivity index (χ0n) is 11.3. The first-order chi connectivity index (χ1) is 8.69. The average molecular weight is 249 g/mol. The first kappa shape index (κ1) is 13.4. The maximum Gasteiger partial charge on any atom is 0.115 e. The Kier molecular flexibility index (Phi) is 4.61. The van der Waals surface area contributed by atoms with Crippen molar-refractivity contribution in [3.63, 3.8) is 0 Å². The quantitative estimate of drug-likeness (QED) is 0.889. The van der Waals surface area contributed by atoms with Gasteiger partial charge in [0, 0.05) is 26.2 Å². The number of nitrogens with zero attached hydrogens (tertiary/aromatic N) is 1. The van der Waals surface area contributed by atoms with Crippen LogP contribution in [-0.2, 0) is 11.2 Å². The van der Waals surface area contributed by atoms with Crippen LogP contribution >= 0.6 is 0 Å². The number of hydrogen-bond donors (Lipinski definition) is 1. The summed E-state index contributed by atoms with van der Waals surface area (Å²) in [5, 5.41) is 9.27. The number of phenols is 1. The number of aromatic hydroxyl groups is 1. The molecule has 1 saturated heterocycles. The molecule has 18 heavy (non-hydrogen) atoms. The number of piperidine rings is 1. The van der Waals surface area contributed by atoms with Crippen LogP contribution in [0.15, 0.2) is 24.3 Å². The van der Waals surface area contributed by atoms with Crippen molar-refractivity contribution in [3.05, 3.63) is 29.8 Å². The van der Waals surface area contributed by atoms with E-state index in [4.69, 9.17) is 4.74 Å². The van der Waals surface area contributed by atoms with E-state index in [1.807, 2.05) is 12.1 Å². The number of hydrogen-bond acceptors (Lipinski definition) is 3. The number of ether oxygens (including phenoxy) is 1. The van der Waals surface area contributed by atoms with Gasteiger partial charge in [0.15, 0.2) is 0 Å². The lowest BCUT2D eigenvalue weighted by Gasteiger charge is -2.35. The van der Waals surface area contributed by atoms with E-state index >= 15 is 0 Å². The van der Waals surface area contributed by atoms with Gasteiger partial charge in [-0.1, -0.05) is 12.1 Å². The van der Waals surface area contributed by atoms with Crippen molar-refractivity contribution in [1.29, 1.82) is 0 Å². The Bertz CT molecular complexity index is 355. The van der Waals surface area contributed by atoms with E-state index in [-0.39, 0.29) is 0 Å². The number of rotatable bonds is 4. The van der Waals surface area contributed by atoms with Gasteiger partial charge in [-0.3, -0.25) is 0 Å². The van der Waals surface area contributed by atoms with Crippen LogP contribution in [0.2, 0.25) is 0 Å². The van der Waals surface area contributed by atoms with Crippen molar-refractivity contribution >= 4 is 0 Å². The van der Waals surface area contributed by atoms with Crippen LogP contribution in [0, 0.1) is 0 Å². The summed E-state index contributed by atoms with van der Waals surface area (Å²) in [7, 11) is 1.81. The van der Waals surface area contributed by atoms with Gasteiger partial charge in [-0.25, -0.2) is 0 Å². The summed E-state index contributed by atoms with van der Waals surface area (Å²) in [6.07, 6.45) is 3.76. The van der Waals surface area contributed by atoms with Gasteiger partial charge in [0.2, 0.25) is 0 Å². The van der Waals surface area contributed by atoms with Gasteiger partial charge >= 0.3 is 0 Å². The van der Waals surface area contributed by atoms with Crippen LogP contribution in [0.1, 0.15) is 25.3 Å². The third kappa shape index (κ3) is 3.47. The van der Waals surface area contributed by atoms with E-state index in [0.717, 1.165) is 32.4 Å². The number of benzene rings is 1. The normalized spacial score (nSPS) is 19.9. The maximum atomic E-state index is 9.27. The van der Waals surface area contributed by atoms with Crippen LogP contribution in [-0.4, -0.2) is 42.4 Å². The maximum absolute atomic E-state index is 9.27. The van der Waals surface area contributed by atoms with Crippen molar-refractivity contribution in [2.45, 2.75) is 38.3 Å². The largest absolute Gasteiger partial charge is 0.508 e. The second-order valence-electron chi connectivity index (χ2n) is 5.19. The van der Waals surface area contributed by atoms with Gasteiger partial charge in [-0.2, -0.15) is 0 Å². The third-order valence-electron chi connectivity index (χ3n) is 3.90. The van der Waals surface area contributed by atoms with Gasteiger partial charge < -0.3 is 14.7 Å². The molecule has 1 N–H and O–H groups in total. The molecule has 0 aliphatic carbocycles. The molecule has 1 aromatic carbocycles. The van der Waals surface area contributed by atoms with Gasteiger partial charge in [0.1, 0.15) is 5.75 Å². The van der Waals surface area contributed by atoms with E-state index in [0.29, 0.717) is 17.9 Å². The Hall–Kier alpha value is -1.06. The Labute approximate surface area is 109 Å². The molecule has 1 aromatic rings. The highest BCUT2D eigenvalue weighted by atomic mass is 16.5. The first-order valence-corrected chi connectivity index (χ1v) is 6.74. The van der Waals surface area contributed by atoms with E-state index in [9.17, 15) is 5.11 Å². The number of phenolic OH excluding ortho intramolecular Hbond substituents is 1. The summed E-state index contributed by atoms with van der Waals surface area (Å²) in [4.78, 5) is 2.53. The lowest BCUT2D eigenvalue weighted by Crippen LogP contribution is -2.42. The standard InChI is InChI=1S/C15H23NO2/c1-12(11-13-3-5-14(17)6-4-13)16-9-7-15(18-2)8-10-16/h3-6,12,15,17H,7-11H2,1-2H3. The van der Waals surface area contributed by atoms with E-state index in [1.165, 1.54) is 5.56 Å². The van der Waals surface area contributed by atoms with Gasteiger partial charge in [0.05, 0.1) is 6.10 Å². The number of methoxy groups -OCH3 is 1. The van der Waals surface area contributed by atoms with Gasteiger partial charge in [-0.15, -0.1) is 0 Å². The molecule has 1 heterocycles. The highest BCUT2D eigenvalue weighted by Gasteiger charge is 2.22. The zero-order chi connectivity index (χ0) is 13.0. The molecular weight excluding hydrogens is 226 g/mol. The average Bonchev–Trinajstić information content (AvgIpc) is 2.41. The Morgan fingerprint density at radius 2 is 1.89 bits per heavy atom. The van der Waals surface area contributed by atoms with Crippen LogP contribution in [0.5, 0.6) is 5.75 Å². The zero-order valence-corrected chi connectivity index (χ0v) is 11.3. The summed E-state index contributed by atoms with van der Waals surface area (Å²) >= 11 is 0. The predicted octanol–water partition coefficient (Wildman–Crippen LogP) is 2.43. The monoisotopic (exact) mass is 249 g/mol. The predicted molar refractivity (Wildman–Crippen MR) is 72.9 cm³/mol. The van der Waals surface area contributed by atoms with E-state index in [2.05, 4.69) is 11.8 Å². The summed E-state index contributed by atoms with van der Waals surface area (Å²) in [5.41, 5.74) is 1.29. The Balaban J connectivity index is 1.85. The lowest BCUT2D eigenvalue weighted by atomic mass is 10.0. The Morgan fingerprint density at radius 1 is 1.28 bits per heavy atom. The fourth-order valence-corrected chi connectivity index (χ4v) is 2.65. The fraction of sp³-hybridized carbons (Fsp3) is 0.600. The molecule has 3 heteroatoms. The number of likely N-dealkylation sites (tertiary alicyclic amines) is 1. The molecule has 1 aliphatic heterocycles. The van der Waals surface area contributed by atoms with Crippen LogP contribution in [0.25, 0.3) is 0 Å². The van der Waals surface area contributed by atoms with Crippen LogP contribution < -0.4 is 0 Å². The van der Waals surface area contributed by atoms with Crippen molar-refractivity contribution < 1.29 is 9.84 Å². The van der Waals surface area contributed by atoms with Crippen molar-refractivity contribution in [1.82, 2.24) is 4.90 Å². The minimum atomic E-state index is 0.340. The highest BCUT2D eigenvalue weighted by molar-refractivity contribution is 5.26. The van der Waals surface area contributed by atoms with Crippen molar-refractivity contribution in [2.75, 3.05) is 20.2 Å². The molecule has 0 bridgehead atoms. The van der Waals surface area contributed by atoms with E-state index in [1.54, 1.807) is 19.2 Å². The molecule has 1 fully saturated rings. The fourth-order valence-electron chi connectivity index (χ4n) is 2.65. The summed E-state index contributed by atoms with van der Waals surface area (Å²) in [5.74, 6) is 0.340. The highest BCUT2D eigenvalue weighted by Crippen LogP contribution is 2.18.